The van der Waals surface area contributed by atoms with E-state index in [-0.39, 0.29) is 17.8 Å². The minimum atomic E-state index is -0.577. The summed E-state index contributed by atoms with van der Waals surface area (Å²) in [7, 11) is 0. The monoisotopic (exact) mass is 623 g/mol. The van der Waals surface area contributed by atoms with E-state index in [0.717, 1.165) is 59.2 Å². The molecular formula is C33H32Cl3N3O3. The van der Waals surface area contributed by atoms with Crippen LogP contribution < -0.4 is 5.32 Å². The molecule has 2 aromatic carbocycles. The van der Waals surface area contributed by atoms with Gasteiger partial charge in [0.15, 0.2) is 0 Å². The number of carbonyl (C=O) groups excluding carboxylic acids is 2. The fourth-order valence-corrected chi connectivity index (χ4v) is 7.26. The number of nitrogens with zero attached hydrogens (tertiary/aromatic N) is 1. The van der Waals surface area contributed by atoms with Crippen molar-refractivity contribution in [2.75, 3.05) is 13.1 Å². The van der Waals surface area contributed by atoms with E-state index in [0.29, 0.717) is 44.6 Å². The van der Waals surface area contributed by atoms with Crippen LogP contribution in [-0.2, 0) is 16.0 Å². The predicted octanol–water partition coefficient (Wildman–Crippen LogP) is 8.42. The smallest absolute Gasteiger partial charge is 0.331 e. The first-order valence-corrected chi connectivity index (χ1v) is 15.3. The third-order valence-corrected chi connectivity index (χ3v) is 8.80. The van der Waals surface area contributed by atoms with Gasteiger partial charge in [-0.15, -0.1) is 0 Å². The normalized spacial score (nSPS) is 16.8. The molecule has 3 heterocycles. The van der Waals surface area contributed by atoms with Crippen molar-refractivity contribution in [3.05, 3.63) is 86.3 Å². The Morgan fingerprint density at radius 2 is 1.74 bits per heavy atom. The minimum absolute atomic E-state index is 0.158. The van der Waals surface area contributed by atoms with E-state index in [1.54, 1.807) is 22.8 Å². The number of hydrogen-bond donors (Lipinski definition) is 2. The number of carbonyl (C=O) groups is 2. The first-order chi connectivity index (χ1) is 20.0. The van der Waals surface area contributed by atoms with Crippen LogP contribution in [0.1, 0.15) is 73.1 Å². The number of nitrogens with one attached hydrogen (secondary N) is 2. The fraction of sp³-hybridized carbons (Fsp3) is 0.333. The molecule has 2 aromatic heterocycles. The maximum atomic E-state index is 14.7. The molecule has 0 bridgehead atoms. The van der Waals surface area contributed by atoms with Crippen molar-refractivity contribution in [3.8, 4) is 11.1 Å². The summed E-state index contributed by atoms with van der Waals surface area (Å²) in [5, 5.41) is 5.58. The molecular weight excluding hydrogens is 593 g/mol. The van der Waals surface area contributed by atoms with Crippen molar-refractivity contribution in [1.29, 1.82) is 0 Å². The van der Waals surface area contributed by atoms with Gasteiger partial charge in [-0.2, -0.15) is 0 Å². The number of aromatic nitrogens is 2. The highest BCUT2D eigenvalue weighted by molar-refractivity contribution is 6.42. The lowest BCUT2D eigenvalue weighted by molar-refractivity contribution is -0.148. The summed E-state index contributed by atoms with van der Waals surface area (Å²) in [5.41, 5.74) is 5.81. The molecule has 218 valence electrons. The second-order valence-corrected chi connectivity index (χ2v) is 13.2. The lowest BCUT2D eigenvalue weighted by Crippen LogP contribution is -2.28. The number of halogens is 3. The van der Waals surface area contributed by atoms with Crippen LogP contribution in [0.4, 0.5) is 0 Å². The van der Waals surface area contributed by atoms with Crippen LogP contribution in [0.2, 0.25) is 15.1 Å². The number of benzene rings is 2. The maximum absolute atomic E-state index is 14.7. The van der Waals surface area contributed by atoms with Crippen LogP contribution in [0.3, 0.4) is 0 Å². The number of allylic oxidation sites excluding steroid dienone is 1. The Balaban J connectivity index is 1.49. The highest BCUT2D eigenvalue weighted by atomic mass is 35.5. The van der Waals surface area contributed by atoms with E-state index in [9.17, 15) is 9.59 Å². The summed E-state index contributed by atoms with van der Waals surface area (Å²) < 4.78 is 7.29. The van der Waals surface area contributed by atoms with E-state index in [1.165, 1.54) is 0 Å². The van der Waals surface area contributed by atoms with E-state index in [1.807, 2.05) is 51.4 Å². The van der Waals surface area contributed by atoms with Crippen molar-refractivity contribution in [1.82, 2.24) is 14.9 Å². The quantitative estimate of drug-likeness (QED) is 0.177. The number of aryl methyl sites for hydroxylation is 1. The lowest BCUT2D eigenvalue weighted by Gasteiger charge is -2.23. The van der Waals surface area contributed by atoms with Gasteiger partial charge in [0, 0.05) is 51.6 Å². The SMILES string of the molecule is CC(C)(C)OC(=O)/C=C1\CCc2cn(C(=O)c3c(-c4c(Cl)cc(Cl)cc4Cl)c[nH]c3C3CCNCC3)c3cccc1c23. The molecule has 1 aliphatic carbocycles. The molecule has 0 saturated carbocycles. The molecule has 0 atom stereocenters. The zero-order chi connectivity index (χ0) is 29.8. The minimum Gasteiger partial charge on any atom is -0.457 e. The highest BCUT2D eigenvalue weighted by Crippen LogP contribution is 2.43. The molecule has 0 spiro atoms. The van der Waals surface area contributed by atoms with Crippen molar-refractivity contribution < 1.29 is 14.3 Å². The third kappa shape index (κ3) is 5.42. The van der Waals surface area contributed by atoms with Crippen molar-refractivity contribution in [2.24, 2.45) is 0 Å². The van der Waals surface area contributed by atoms with Gasteiger partial charge in [-0.05, 0) is 94.4 Å². The van der Waals surface area contributed by atoms with Gasteiger partial charge in [-0.1, -0.05) is 46.9 Å². The molecule has 1 saturated heterocycles. The second-order valence-electron chi connectivity index (χ2n) is 12.0. The zero-order valence-electron chi connectivity index (χ0n) is 23.7. The van der Waals surface area contributed by atoms with Crippen LogP contribution >= 0.6 is 34.8 Å². The van der Waals surface area contributed by atoms with Gasteiger partial charge in [0.1, 0.15) is 5.60 Å². The molecule has 0 amide bonds. The number of hydrogen-bond acceptors (Lipinski definition) is 4. The number of H-pyrrole nitrogens is 1. The molecule has 0 unspecified atom stereocenters. The highest BCUT2D eigenvalue weighted by Gasteiger charge is 2.31. The molecule has 2 N–H and O–H groups in total. The summed E-state index contributed by atoms with van der Waals surface area (Å²) in [6, 6.07) is 9.18. The van der Waals surface area contributed by atoms with Gasteiger partial charge in [0.2, 0.25) is 0 Å². The maximum Gasteiger partial charge on any atom is 0.331 e. The largest absolute Gasteiger partial charge is 0.457 e. The number of ether oxygens (including phenoxy) is 1. The van der Waals surface area contributed by atoms with Gasteiger partial charge >= 0.3 is 5.97 Å². The van der Waals surface area contributed by atoms with Crippen LogP contribution in [0.25, 0.3) is 27.6 Å². The Bertz CT molecular complexity index is 1730. The van der Waals surface area contributed by atoms with Gasteiger partial charge in [-0.3, -0.25) is 9.36 Å². The number of esters is 1. The molecule has 1 fully saturated rings. The van der Waals surface area contributed by atoms with Gasteiger partial charge in [0.05, 0.1) is 21.1 Å². The van der Waals surface area contributed by atoms with Crippen LogP contribution in [0.15, 0.2) is 48.8 Å². The standard InChI is InChI=1S/C33H32Cl3N3O3/c1-33(2,3)42-27(40)13-19-7-8-20-17-39(26-6-4-5-22(19)28(20)26)32(41)30-23(29-24(35)14-21(34)15-25(29)36)16-38-31(30)18-9-11-37-12-10-18/h4-6,13-18,37-38H,7-12H2,1-3H3/b19-13+. The number of piperidine rings is 1. The van der Waals surface area contributed by atoms with E-state index in [4.69, 9.17) is 39.5 Å². The van der Waals surface area contributed by atoms with Crippen molar-refractivity contribution in [2.45, 2.75) is 58.0 Å². The van der Waals surface area contributed by atoms with Crippen LogP contribution in [-0.4, -0.2) is 40.1 Å². The Labute approximate surface area is 260 Å². The zero-order valence-corrected chi connectivity index (χ0v) is 26.0. The molecule has 4 aromatic rings. The molecule has 6 rings (SSSR count). The molecule has 6 nitrogen and oxygen atoms in total. The van der Waals surface area contributed by atoms with E-state index in [2.05, 4.69) is 10.3 Å². The van der Waals surface area contributed by atoms with Gasteiger partial charge in [-0.25, -0.2) is 4.79 Å². The van der Waals surface area contributed by atoms with Crippen LogP contribution in [0.5, 0.6) is 0 Å². The summed E-state index contributed by atoms with van der Waals surface area (Å²) >= 11 is 19.6. The Kier molecular flexibility index (Phi) is 7.77. The average Bonchev–Trinajstić information content (AvgIpc) is 3.52. The number of rotatable bonds is 4. The Morgan fingerprint density at radius 1 is 1.02 bits per heavy atom. The Hall–Kier alpha value is -3.03. The predicted molar refractivity (Wildman–Crippen MR) is 170 cm³/mol. The van der Waals surface area contributed by atoms with Gasteiger partial charge < -0.3 is 15.0 Å². The van der Waals surface area contributed by atoms with E-state index >= 15 is 0 Å². The number of aromatic amines is 1. The molecule has 9 heteroatoms. The topological polar surface area (TPSA) is 76.1 Å². The first kappa shape index (κ1) is 29.1. The Morgan fingerprint density at radius 3 is 2.43 bits per heavy atom. The van der Waals surface area contributed by atoms with Gasteiger partial charge in [0.25, 0.3) is 5.91 Å². The van der Waals surface area contributed by atoms with E-state index < -0.39 is 5.60 Å². The molecule has 0 radical (unpaired) electrons. The second kappa shape index (κ2) is 11.2. The van der Waals surface area contributed by atoms with Crippen molar-refractivity contribution in [3.63, 3.8) is 0 Å². The molecule has 2 aliphatic rings. The summed E-state index contributed by atoms with van der Waals surface area (Å²) in [4.78, 5) is 30.8. The van der Waals surface area contributed by atoms with Crippen molar-refractivity contribution >= 4 is 63.2 Å². The fourth-order valence-electron chi connectivity index (χ4n) is 6.24. The summed E-state index contributed by atoms with van der Waals surface area (Å²) in [6.45, 7) is 7.31. The third-order valence-electron chi connectivity index (χ3n) is 7.98. The average molecular weight is 625 g/mol. The molecule has 42 heavy (non-hydrogen) atoms. The molecule has 1 aliphatic heterocycles. The first-order valence-electron chi connectivity index (χ1n) is 14.2. The lowest BCUT2D eigenvalue weighted by atomic mass is 9.88. The summed E-state index contributed by atoms with van der Waals surface area (Å²) in [5.74, 6) is -0.344. The van der Waals surface area contributed by atoms with Crippen LogP contribution in [0, 0.1) is 0 Å². The summed E-state index contributed by atoms with van der Waals surface area (Å²) in [6.07, 6.45) is 8.56.